The summed E-state index contributed by atoms with van der Waals surface area (Å²) in [5.41, 5.74) is 0. The molecule has 2 rings (SSSR count). The largest absolute Gasteiger partial charge is 0.468 e. The summed E-state index contributed by atoms with van der Waals surface area (Å²) in [5, 5.41) is 3.24. The lowest BCUT2D eigenvalue weighted by Crippen LogP contribution is -2.45. The van der Waals surface area contributed by atoms with Gasteiger partial charge in [-0.3, -0.25) is 10.1 Å². The van der Waals surface area contributed by atoms with Crippen LogP contribution in [0, 0.1) is 6.92 Å². The van der Waals surface area contributed by atoms with Gasteiger partial charge in [0.15, 0.2) is 0 Å². The zero-order chi connectivity index (χ0) is 11.5. The molecule has 2 atom stereocenters. The summed E-state index contributed by atoms with van der Waals surface area (Å²) >= 11 is 1.74. The van der Waals surface area contributed by atoms with E-state index in [4.69, 9.17) is 9.15 Å². The molecule has 2 heterocycles. The summed E-state index contributed by atoms with van der Waals surface area (Å²) in [6, 6.07) is 3.74. The normalized spacial score (nSPS) is 25.4. The molecule has 2 unspecified atom stereocenters. The van der Waals surface area contributed by atoms with Gasteiger partial charge in [-0.05, 0) is 19.1 Å². The average Bonchev–Trinajstić information content (AvgIpc) is 2.75. The van der Waals surface area contributed by atoms with Crippen LogP contribution in [-0.2, 0) is 9.53 Å². The van der Waals surface area contributed by atoms with Gasteiger partial charge in [0.25, 0.3) is 0 Å². The highest BCUT2D eigenvalue weighted by atomic mass is 32.2. The van der Waals surface area contributed by atoms with Crippen LogP contribution < -0.4 is 5.32 Å². The van der Waals surface area contributed by atoms with Crippen molar-refractivity contribution in [3.63, 3.8) is 0 Å². The lowest BCUT2D eigenvalue weighted by atomic mass is 10.2. The number of hydrogen-bond donors (Lipinski definition) is 1. The van der Waals surface area contributed by atoms with E-state index in [9.17, 15) is 4.79 Å². The molecule has 0 aliphatic carbocycles. The Balaban J connectivity index is 2.04. The van der Waals surface area contributed by atoms with E-state index in [1.807, 2.05) is 19.1 Å². The number of hydrogen-bond acceptors (Lipinski definition) is 5. The van der Waals surface area contributed by atoms with Crippen LogP contribution in [0.4, 0.5) is 0 Å². The van der Waals surface area contributed by atoms with Crippen molar-refractivity contribution in [1.29, 1.82) is 0 Å². The number of carbonyl (C=O) groups is 1. The lowest BCUT2D eigenvalue weighted by molar-refractivity contribution is -0.142. The molecule has 1 aliphatic rings. The number of thioether (sulfide) groups is 1. The Morgan fingerprint density at radius 2 is 2.38 bits per heavy atom. The van der Waals surface area contributed by atoms with Gasteiger partial charge >= 0.3 is 5.97 Å². The molecule has 0 spiro atoms. The molecule has 0 bridgehead atoms. The van der Waals surface area contributed by atoms with E-state index in [1.54, 1.807) is 11.8 Å². The highest BCUT2D eigenvalue weighted by Crippen LogP contribution is 2.26. The molecule has 0 radical (unpaired) electrons. The SMILES string of the molecule is COC(=O)C1CSCC(c2ccc(C)o2)N1. The van der Waals surface area contributed by atoms with Gasteiger partial charge in [0.1, 0.15) is 17.6 Å². The van der Waals surface area contributed by atoms with E-state index in [2.05, 4.69) is 5.32 Å². The second kappa shape index (κ2) is 4.93. The summed E-state index contributed by atoms with van der Waals surface area (Å²) in [7, 11) is 1.41. The smallest absolute Gasteiger partial charge is 0.323 e. The molecule has 5 heteroatoms. The highest BCUT2D eigenvalue weighted by Gasteiger charge is 2.29. The number of methoxy groups -OCH3 is 1. The topological polar surface area (TPSA) is 51.5 Å². The summed E-state index contributed by atoms with van der Waals surface area (Å²) in [5.74, 6) is 3.24. The van der Waals surface area contributed by atoms with Crippen LogP contribution in [0.1, 0.15) is 17.6 Å². The van der Waals surface area contributed by atoms with Crippen LogP contribution in [-0.4, -0.2) is 30.6 Å². The Bertz CT molecular complexity index is 377. The maximum Gasteiger partial charge on any atom is 0.323 e. The van der Waals surface area contributed by atoms with Crippen molar-refractivity contribution < 1.29 is 13.9 Å². The van der Waals surface area contributed by atoms with Crippen LogP contribution >= 0.6 is 11.8 Å². The third-order valence-electron chi connectivity index (χ3n) is 2.56. The first-order chi connectivity index (χ1) is 7.70. The minimum absolute atomic E-state index is 0.0940. The summed E-state index contributed by atoms with van der Waals surface area (Å²) < 4.78 is 10.3. The fourth-order valence-electron chi connectivity index (χ4n) is 1.73. The van der Waals surface area contributed by atoms with Gasteiger partial charge in [0.05, 0.1) is 13.2 Å². The molecule has 1 aromatic heterocycles. The maximum atomic E-state index is 11.4. The Morgan fingerprint density at radius 1 is 1.56 bits per heavy atom. The number of nitrogens with one attached hydrogen (secondary N) is 1. The third-order valence-corrected chi connectivity index (χ3v) is 3.70. The molecule has 0 aromatic carbocycles. The second-order valence-electron chi connectivity index (χ2n) is 3.78. The standard InChI is InChI=1S/C11H15NO3S/c1-7-3-4-10(15-7)8-5-16-6-9(12-8)11(13)14-2/h3-4,8-9,12H,5-6H2,1-2H3. The Labute approximate surface area is 98.7 Å². The minimum atomic E-state index is -0.237. The van der Waals surface area contributed by atoms with Crippen LogP contribution in [0.25, 0.3) is 0 Å². The van der Waals surface area contributed by atoms with Crippen molar-refractivity contribution in [3.05, 3.63) is 23.7 Å². The molecule has 1 saturated heterocycles. The van der Waals surface area contributed by atoms with E-state index >= 15 is 0 Å². The van der Waals surface area contributed by atoms with E-state index < -0.39 is 0 Å². The Morgan fingerprint density at radius 3 is 3.00 bits per heavy atom. The van der Waals surface area contributed by atoms with E-state index in [0.717, 1.165) is 23.0 Å². The predicted octanol–water partition coefficient (Wildman–Crippen LogP) is 1.51. The average molecular weight is 241 g/mol. The van der Waals surface area contributed by atoms with Gasteiger partial charge in [-0.25, -0.2) is 0 Å². The molecule has 0 saturated carbocycles. The first-order valence-corrected chi connectivity index (χ1v) is 6.34. The van der Waals surface area contributed by atoms with Gasteiger partial charge < -0.3 is 9.15 Å². The number of furan rings is 1. The first kappa shape index (κ1) is 11.5. The highest BCUT2D eigenvalue weighted by molar-refractivity contribution is 7.99. The van der Waals surface area contributed by atoms with Gasteiger partial charge in [0.2, 0.25) is 0 Å². The molecule has 1 aromatic rings. The zero-order valence-electron chi connectivity index (χ0n) is 9.36. The van der Waals surface area contributed by atoms with Crippen LogP contribution in [0.5, 0.6) is 0 Å². The molecule has 0 amide bonds. The van der Waals surface area contributed by atoms with Crippen molar-refractivity contribution >= 4 is 17.7 Å². The van der Waals surface area contributed by atoms with Gasteiger partial charge in [-0.15, -0.1) is 0 Å². The number of rotatable bonds is 2. The van der Waals surface area contributed by atoms with E-state index in [0.29, 0.717) is 0 Å². The molecule has 1 aliphatic heterocycles. The summed E-state index contributed by atoms with van der Waals surface area (Å²) in [6.45, 7) is 1.91. The van der Waals surface area contributed by atoms with Crippen molar-refractivity contribution in [2.24, 2.45) is 0 Å². The first-order valence-electron chi connectivity index (χ1n) is 5.18. The van der Waals surface area contributed by atoms with Crippen molar-refractivity contribution in [2.45, 2.75) is 19.0 Å². The van der Waals surface area contributed by atoms with Crippen molar-refractivity contribution in [1.82, 2.24) is 5.32 Å². The molecule has 1 N–H and O–H groups in total. The van der Waals surface area contributed by atoms with Crippen LogP contribution in [0.15, 0.2) is 16.5 Å². The van der Waals surface area contributed by atoms with Crippen LogP contribution in [0.2, 0.25) is 0 Å². The van der Waals surface area contributed by atoms with E-state index in [-0.39, 0.29) is 18.1 Å². The number of carbonyl (C=O) groups excluding carboxylic acids is 1. The van der Waals surface area contributed by atoms with E-state index in [1.165, 1.54) is 7.11 Å². The van der Waals surface area contributed by atoms with Gasteiger partial charge in [-0.1, -0.05) is 0 Å². The molecule has 16 heavy (non-hydrogen) atoms. The fraction of sp³-hybridized carbons (Fsp3) is 0.545. The molecular formula is C11H15NO3S. The number of esters is 1. The Hall–Kier alpha value is -0.940. The number of ether oxygens (including phenoxy) is 1. The Kier molecular flexibility index (Phi) is 3.56. The molecule has 1 fully saturated rings. The number of aryl methyl sites for hydroxylation is 1. The minimum Gasteiger partial charge on any atom is -0.468 e. The third kappa shape index (κ3) is 2.41. The summed E-state index contributed by atoms with van der Waals surface area (Å²) in [4.78, 5) is 11.4. The molecule has 4 nitrogen and oxygen atoms in total. The lowest BCUT2D eigenvalue weighted by Gasteiger charge is -2.27. The molecule has 88 valence electrons. The molecular weight excluding hydrogens is 226 g/mol. The van der Waals surface area contributed by atoms with Gasteiger partial charge in [0, 0.05) is 11.5 Å². The monoisotopic (exact) mass is 241 g/mol. The fourth-order valence-corrected chi connectivity index (χ4v) is 2.83. The van der Waals surface area contributed by atoms with Crippen LogP contribution in [0.3, 0.4) is 0 Å². The zero-order valence-corrected chi connectivity index (χ0v) is 10.2. The predicted molar refractivity (Wildman–Crippen MR) is 62.5 cm³/mol. The maximum absolute atomic E-state index is 11.4. The second-order valence-corrected chi connectivity index (χ2v) is 4.86. The quantitative estimate of drug-likeness (QED) is 0.795. The van der Waals surface area contributed by atoms with Crippen molar-refractivity contribution in [2.75, 3.05) is 18.6 Å². The summed E-state index contributed by atoms with van der Waals surface area (Å²) in [6.07, 6.45) is 0. The van der Waals surface area contributed by atoms with Crippen molar-refractivity contribution in [3.8, 4) is 0 Å². The van der Waals surface area contributed by atoms with Gasteiger partial charge in [-0.2, -0.15) is 11.8 Å².